The summed E-state index contributed by atoms with van der Waals surface area (Å²) in [6, 6.07) is 11.1. The lowest BCUT2D eigenvalue weighted by Crippen LogP contribution is -2.16. The molecule has 0 radical (unpaired) electrons. The summed E-state index contributed by atoms with van der Waals surface area (Å²) >= 11 is 0. The molecule has 1 aliphatic rings. The van der Waals surface area contributed by atoms with Crippen molar-refractivity contribution in [3.63, 3.8) is 0 Å². The minimum absolute atomic E-state index is 0.0361. The normalized spacial score (nSPS) is 21.6. The summed E-state index contributed by atoms with van der Waals surface area (Å²) < 4.78 is 0. The standard InChI is InChI=1S/C16H22N2/c1-16(2,3)14-6-4-12(5-7-14)15(10-17)13-8-9-18-11-13/h4-7,13,15,18H,8-9,11H2,1-3H3. The molecule has 1 heterocycles. The zero-order chi connectivity index (χ0) is 13.2. The molecule has 1 fully saturated rings. The summed E-state index contributed by atoms with van der Waals surface area (Å²) in [6.45, 7) is 8.65. The zero-order valence-electron chi connectivity index (χ0n) is 11.5. The Kier molecular flexibility index (Phi) is 3.73. The zero-order valence-corrected chi connectivity index (χ0v) is 11.5. The van der Waals surface area contributed by atoms with Gasteiger partial charge in [0.15, 0.2) is 0 Å². The third-order valence-electron chi connectivity index (χ3n) is 3.84. The van der Waals surface area contributed by atoms with Gasteiger partial charge < -0.3 is 5.32 Å². The molecule has 2 rings (SSSR count). The molecule has 2 atom stereocenters. The average Bonchev–Trinajstić information content (AvgIpc) is 2.83. The van der Waals surface area contributed by atoms with Gasteiger partial charge in [-0.25, -0.2) is 0 Å². The van der Waals surface area contributed by atoms with Gasteiger partial charge in [0.2, 0.25) is 0 Å². The Balaban J connectivity index is 2.20. The quantitative estimate of drug-likeness (QED) is 0.864. The van der Waals surface area contributed by atoms with E-state index in [1.807, 2.05) is 0 Å². The van der Waals surface area contributed by atoms with Crippen molar-refractivity contribution in [3.05, 3.63) is 35.4 Å². The van der Waals surface area contributed by atoms with Crippen molar-refractivity contribution in [2.45, 2.75) is 38.5 Å². The molecule has 1 aliphatic heterocycles. The summed E-state index contributed by atoms with van der Waals surface area (Å²) in [4.78, 5) is 0. The molecule has 1 N–H and O–H groups in total. The Bertz CT molecular complexity index is 428. The molecule has 2 nitrogen and oxygen atoms in total. The average molecular weight is 242 g/mol. The van der Waals surface area contributed by atoms with Crippen molar-refractivity contribution in [2.24, 2.45) is 5.92 Å². The molecule has 1 saturated heterocycles. The highest BCUT2D eigenvalue weighted by Gasteiger charge is 2.26. The van der Waals surface area contributed by atoms with Crippen LogP contribution in [-0.4, -0.2) is 13.1 Å². The lowest BCUT2D eigenvalue weighted by molar-refractivity contribution is 0.530. The second kappa shape index (κ2) is 5.12. The van der Waals surface area contributed by atoms with Gasteiger partial charge in [-0.2, -0.15) is 5.26 Å². The van der Waals surface area contributed by atoms with Crippen molar-refractivity contribution in [1.82, 2.24) is 5.32 Å². The molecule has 2 heteroatoms. The lowest BCUT2D eigenvalue weighted by atomic mass is 9.83. The molecule has 0 amide bonds. The molecule has 0 saturated carbocycles. The number of nitrogens with zero attached hydrogens (tertiary/aromatic N) is 1. The third kappa shape index (κ3) is 2.73. The maximum atomic E-state index is 9.39. The fraction of sp³-hybridized carbons (Fsp3) is 0.562. The molecule has 18 heavy (non-hydrogen) atoms. The van der Waals surface area contributed by atoms with E-state index in [9.17, 15) is 5.26 Å². The number of nitriles is 1. The fourth-order valence-corrected chi connectivity index (χ4v) is 2.60. The van der Waals surface area contributed by atoms with Crippen LogP contribution < -0.4 is 5.32 Å². The Hall–Kier alpha value is -1.33. The first kappa shape index (κ1) is 13.1. The van der Waals surface area contributed by atoms with Gasteiger partial charge >= 0.3 is 0 Å². The Morgan fingerprint density at radius 1 is 1.28 bits per heavy atom. The summed E-state index contributed by atoms with van der Waals surface area (Å²) in [6.07, 6.45) is 1.11. The highest BCUT2D eigenvalue weighted by atomic mass is 14.9. The van der Waals surface area contributed by atoms with Crippen LogP contribution in [0, 0.1) is 17.2 Å². The van der Waals surface area contributed by atoms with Crippen molar-refractivity contribution in [3.8, 4) is 6.07 Å². The monoisotopic (exact) mass is 242 g/mol. The number of nitrogens with one attached hydrogen (secondary N) is 1. The highest BCUT2D eigenvalue weighted by molar-refractivity contribution is 5.32. The largest absolute Gasteiger partial charge is 0.316 e. The second-order valence-corrected chi connectivity index (χ2v) is 6.23. The van der Waals surface area contributed by atoms with E-state index in [-0.39, 0.29) is 11.3 Å². The van der Waals surface area contributed by atoms with E-state index in [0.717, 1.165) is 19.5 Å². The molecule has 96 valence electrons. The molecule has 1 aromatic rings. The molecular weight excluding hydrogens is 220 g/mol. The Morgan fingerprint density at radius 2 is 1.94 bits per heavy atom. The number of hydrogen-bond donors (Lipinski definition) is 1. The number of rotatable bonds is 2. The maximum absolute atomic E-state index is 9.39. The Morgan fingerprint density at radius 3 is 2.39 bits per heavy atom. The predicted octanol–water partition coefficient (Wildman–Crippen LogP) is 3.20. The van der Waals surface area contributed by atoms with Crippen LogP contribution in [0.4, 0.5) is 0 Å². The first-order chi connectivity index (χ1) is 8.52. The van der Waals surface area contributed by atoms with Crippen LogP contribution in [0.15, 0.2) is 24.3 Å². The molecular formula is C16H22N2. The molecule has 0 bridgehead atoms. The van der Waals surface area contributed by atoms with Crippen LogP contribution >= 0.6 is 0 Å². The van der Waals surface area contributed by atoms with E-state index in [1.165, 1.54) is 11.1 Å². The maximum Gasteiger partial charge on any atom is 0.0753 e. The van der Waals surface area contributed by atoms with Crippen LogP contribution in [0.5, 0.6) is 0 Å². The lowest BCUT2D eigenvalue weighted by Gasteiger charge is -2.21. The van der Waals surface area contributed by atoms with Crippen molar-refractivity contribution in [1.29, 1.82) is 5.26 Å². The minimum atomic E-state index is 0.0361. The molecule has 2 unspecified atom stereocenters. The molecule has 0 aromatic heterocycles. The first-order valence-corrected chi connectivity index (χ1v) is 6.73. The first-order valence-electron chi connectivity index (χ1n) is 6.73. The van der Waals surface area contributed by atoms with Gasteiger partial charge in [0.05, 0.1) is 12.0 Å². The van der Waals surface area contributed by atoms with Gasteiger partial charge in [-0.05, 0) is 42.0 Å². The summed E-state index contributed by atoms with van der Waals surface area (Å²) in [5.74, 6) is 0.504. The third-order valence-corrected chi connectivity index (χ3v) is 3.84. The molecule has 0 spiro atoms. The number of hydrogen-bond acceptors (Lipinski definition) is 2. The Labute approximate surface area is 110 Å². The van der Waals surface area contributed by atoms with Gasteiger partial charge in [0.1, 0.15) is 0 Å². The van der Waals surface area contributed by atoms with Crippen LogP contribution in [0.1, 0.15) is 44.2 Å². The van der Waals surface area contributed by atoms with Gasteiger partial charge in [-0.15, -0.1) is 0 Å². The SMILES string of the molecule is CC(C)(C)c1ccc(C(C#N)C2CCNC2)cc1. The van der Waals surface area contributed by atoms with E-state index in [4.69, 9.17) is 0 Å². The van der Waals surface area contributed by atoms with Crippen molar-refractivity contribution >= 4 is 0 Å². The van der Waals surface area contributed by atoms with Crippen LogP contribution in [-0.2, 0) is 5.41 Å². The fourth-order valence-electron chi connectivity index (χ4n) is 2.60. The van der Waals surface area contributed by atoms with Gasteiger partial charge in [-0.3, -0.25) is 0 Å². The second-order valence-electron chi connectivity index (χ2n) is 6.23. The summed E-state index contributed by atoms with van der Waals surface area (Å²) in [7, 11) is 0. The van der Waals surface area contributed by atoms with E-state index in [0.29, 0.717) is 5.92 Å². The highest BCUT2D eigenvalue weighted by Crippen LogP contribution is 2.30. The van der Waals surface area contributed by atoms with E-state index < -0.39 is 0 Å². The van der Waals surface area contributed by atoms with Gasteiger partial charge in [0.25, 0.3) is 0 Å². The topological polar surface area (TPSA) is 35.8 Å². The summed E-state index contributed by atoms with van der Waals surface area (Å²) in [5, 5.41) is 12.7. The molecule has 0 aliphatic carbocycles. The van der Waals surface area contributed by atoms with Crippen molar-refractivity contribution < 1.29 is 0 Å². The smallest absolute Gasteiger partial charge is 0.0753 e. The van der Waals surface area contributed by atoms with Gasteiger partial charge in [0, 0.05) is 0 Å². The van der Waals surface area contributed by atoms with E-state index >= 15 is 0 Å². The van der Waals surface area contributed by atoms with Crippen LogP contribution in [0.3, 0.4) is 0 Å². The number of benzene rings is 1. The minimum Gasteiger partial charge on any atom is -0.316 e. The van der Waals surface area contributed by atoms with Gasteiger partial charge in [-0.1, -0.05) is 45.0 Å². The van der Waals surface area contributed by atoms with E-state index in [1.54, 1.807) is 0 Å². The van der Waals surface area contributed by atoms with Crippen LogP contribution in [0.2, 0.25) is 0 Å². The summed E-state index contributed by atoms with van der Waals surface area (Å²) in [5.41, 5.74) is 2.67. The van der Waals surface area contributed by atoms with Crippen LogP contribution in [0.25, 0.3) is 0 Å². The van der Waals surface area contributed by atoms with Crippen molar-refractivity contribution in [2.75, 3.05) is 13.1 Å². The predicted molar refractivity (Wildman–Crippen MR) is 74.5 cm³/mol. The van der Waals surface area contributed by atoms with E-state index in [2.05, 4.69) is 56.4 Å². The molecule has 1 aromatic carbocycles.